The molecule has 3 amide bonds. The highest BCUT2D eigenvalue weighted by Gasteiger charge is 2.40. The Hall–Kier alpha value is -2.25. The van der Waals surface area contributed by atoms with Crippen molar-refractivity contribution in [2.24, 2.45) is 11.7 Å². The first-order chi connectivity index (χ1) is 13.4. The standard InChI is InChI=1S/C21H28N4O3/c1-13(22)14-7-9-24(10-8-14)11-15-3-2-4-16-12-25(21(28)19(15)16)17-5-6-18(26)23-20(17)27/h2-4,13-14,17H,5-12,22H2,1H3,(H,23,26,27)/t13-,17?/m0/s1. The predicted octanol–water partition coefficient (Wildman–Crippen LogP) is 1.01. The van der Waals surface area contributed by atoms with E-state index in [0.29, 0.717) is 18.9 Å². The Morgan fingerprint density at radius 3 is 2.61 bits per heavy atom. The summed E-state index contributed by atoms with van der Waals surface area (Å²) in [5.41, 5.74) is 8.77. The van der Waals surface area contributed by atoms with Gasteiger partial charge in [-0.25, -0.2) is 0 Å². The monoisotopic (exact) mass is 384 g/mol. The van der Waals surface area contributed by atoms with E-state index in [-0.39, 0.29) is 30.2 Å². The number of carbonyl (C=O) groups excluding carboxylic acids is 3. The Morgan fingerprint density at radius 1 is 1.18 bits per heavy atom. The van der Waals surface area contributed by atoms with E-state index < -0.39 is 6.04 Å². The lowest BCUT2D eigenvalue weighted by molar-refractivity contribution is -0.136. The number of piperidine rings is 2. The fraction of sp³-hybridized carbons (Fsp3) is 0.571. The van der Waals surface area contributed by atoms with Crippen LogP contribution in [0.25, 0.3) is 0 Å². The van der Waals surface area contributed by atoms with E-state index in [1.54, 1.807) is 4.90 Å². The maximum Gasteiger partial charge on any atom is 0.255 e. The third-order valence-corrected chi connectivity index (χ3v) is 6.41. The van der Waals surface area contributed by atoms with E-state index in [9.17, 15) is 14.4 Å². The average molecular weight is 384 g/mol. The van der Waals surface area contributed by atoms with Gasteiger partial charge in [-0.05, 0) is 56.3 Å². The van der Waals surface area contributed by atoms with Crippen molar-refractivity contribution in [3.8, 4) is 0 Å². The van der Waals surface area contributed by atoms with Crippen LogP contribution in [-0.4, -0.2) is 52.7 Å². The molecule has 0 aromatic heterocycles. The Morgan fingerprint density at radius 2 is 1.93 bits per heavy atom. The normalized spacial score (nSPS) is 25.0. The predicted molar refractivity (Wildman–Crippen MR) is 104 cm³/mol. The molecule has 3 aliphatic heterocycles. The quantitative estimate of drug-likeness (QED) is 0.756. The molecule has 0 spiro atoms. The molecule has 3 N–H and O–H groups in total. The molecule has 2 atom stereocenters. The van der Waals surface area contributed by atoms with Gasteiger partial charge in [-0.3, -0.25) is 24.6 Å². The van der Waals surface area contributed by atoms with Gasteiger partial charge in [-0.1, -0.05) is 18.2 Å². The van der Waals surface area contributed by atoms with Gasteiger partial charge in [-0.2, -0.15) is 0 Å². The molecule has 1 unspecified atom stereocenters. The fourth-order valence-corrected chi connectivity index (χ4v) is 4.70. The number of amides is 3. The number of imide groups is 1. The van der Waals surface area contributed by atoms with Gasteiger partial charge in [-0.15, -0.1) is 0 Å². The second-order valence-electron chi connectivity index (χ2n) is 8.32. The van der Waals surface area contributed by atoms with Crippen molar-refractivity contribution in [1.29, 1.82) is 0 Å². The molecule has 150 valence electrons. The molecule has 28 heavy (non-hydrogen) atoms. The number of nitrogens with zero attached hydrogens (tertiary/aromatic N) is 2. The third-order valence-electron chi connectivity index (χ3n) is 6.41. The molecule has 2 saturated heterocycles. The topological polar surface area (TPSA) is 95.7 Å². The van der Waals surface area contributed by atoms with E-state index in [1.165, 1.54) is 0 Å². The minimum absolute atomic E-state index is 0.0921. The molecule has 3 heterocycles. The number of rotatable bonds is 4. The maximum absolute atomic E-state index is 13.2. The van der Waals surface area contributed by atoms with Crippen molar-refractivity contribution in [1.82, 2.24) is 15.1 Å². The summed E-state index contributed by atoms with van der Waals surface area (Å²) in [6.45, 7) is 5.22. The summed E-state index contributed by atoms with van der Waals surface area (Å²) in [7, 11) is 0. The Bertz CT molecular complexity index is 799. The van der Waals surface area contributed by atoms with Crippen molar-refractivity contribution in [2.45, 2.75) is 57.8 Å². The summed E-state index contributed by atoms with van der Waals surface area (Å²) in [5, 5.41) is 2.36. The summed E-state index contributed by atoms with van der Waals surface area (Å²) in [6.07, 6.45) is 2.84. The summed E-state index contributed by atoms with van der Waals surface area (Å²) in [6, 6.07) is 5.64. The van der Waals surface area contributed by atoms with Gasteiger partial charge in [0, 0.05) is 31.1 Å². The zero-order valence-corrected chi connectivity index (χ0v) is 16.3. The number of nitrogens with one attached hydrogen (secondary N) is 1. The summed E-state index contributed by atoms with van der Waals surface area (Å²) in [5.74, 6) is -0.147. The zero-order valence-electron chi connectivity index (χ0n) is 16.3. The number of benzene rings is 1. The maximum atomic E-state index is 13.2. The highest BCUT2D eigenvalue weighted by atomic mass is 16.2. The van der Waals surface area contributed by atoms with E-state index in [1.807, 2.05) is 18.2 Å². The molecule has 3 aliphatic rings. The van der Waals surface area contributed by atoms with Crippen molar-refractivity contribution in [3.63, 3.8) is 0 Å². The lowest BCUT2D eigenvalue weighted by Crippen LogP contribution is -2.52. The Labute approximate surface area is 165 Å². The molecular formula is C21H28N4O3. The van der Waals surface area contributed by atoms with Crippen molar-refractivity contribution < 1.29 is 14.4 Å². The van der Waals surface area contributed by atoms with Gasteiger partial charge in [0.2, 0.25) is 11.8 Å². The Kier molecular flexibility index (Phi) is 5.21. The van der Waals surface area contributed by atoms with Gasteiger partial charge in [0.1, 0.15) is 6.04 Å². The van der Waals surface area contributed by atoms with E-state index in [0.717, 1.165) is 49.2 Å². The van der Waals surface area contributed by atoms with Crippen LogP contribution in [0.1, 0.15) is 54.1 Å². The van der Waals surface area contributed by atoms with Gasteiger partial charge in [0.05, 0.1) is 0 Å². The molecule has 7 heteroatoms. The van der Waals surface area contributed by atoms with Gasteiger partial charge in [0.25, 0.3) is 5.91 Å². The summed E-state index contributed by atoms with van der Waals surface area (Å²) >= 11 is 0. The number of hydrogen-bond donors (Lipinski definition) is 2. The van der Waals surface area contributed by atoms with Crippen LogP contribution in [0.15, 0.2) is 18.2 Å². The van der Waals surface area contributed by atoms with Crippen LogP contribution in [-0.2, 0) is 22.7 Å². The summed E-state index contributed by atoms with van der Waals surface area (Å²) < 4.78 is 0. The van der Waals surface area contributed by atoms with Crippen LogP contribution in [0.4, 0.5) is 0 Å². The molecule has 1 aromatic rings. The highest BCUT2D eigenvalue weighted by molar-refractivity contribution is 6.05. The molecule has 7 nitrogen and oxygen atoms in total. The van der Waals surface area contributed by atoms with E-state index in [2.05, 4.69) is 17.1 Å². The molecule has 0 radical (unpaired) electrons. The second kappa shape index (κ2) is 7.64. The van der Waals surface area contributed by atoms with Crippen LogP contribution in [0.2, 0.25) is 0 Å². The minimum Gasteiger partial charge on any atom is -0.328 e. The smallest absolute Gasteiger partial charge is 0.255 e. The molecule has 0 saturated carbocycles. The fourth-order valence-electron chi connectivity index (χ4n) is 4.70. The number of carbonyl (C=O) groups is 3. The number of nitrogens with two attached hydrogens (primary N) is 1. The first kappa shape index (κ1) is 19.1. The largest absolute Gasteiger partial charge is 0.328 e. The van der Waals surface area contributed by atoms with Crippen LogP contribution in [0.5, 0.6) is 0 Å². The van der Waals surface area contributed by atoms with E-state index >= 15 is 0 Å². The summed E-state index contributed by atoms with van der Waals surface area (Å²) in [4.78, 5) is 40.8. The SMILES string of the molecule is C[C@H](N)C1CCN(Cc2cccc3c2C(=O)N(C2CCC(=O)NC2=O)C3)CC1. The lowest BCUT2D eigenvalue weighted by Gasteiger charge is -2.34. The number of fused-ring (bicyclic) bond motifs is 1. The second-order valence-corrected chi connectivity index (χ2v) is 8.32. The number of likely N-dealkylation sites (tertiary alicyclic amines) is 1. The van der Waals surface area contributed by atoms with Crippen LogP contribution in [0.3, 0.4) is 0 Å². The van der Waals surface area contributed by atoms with Crippen LogP contribution < -0.4 is 11.1 Å². The highest BCUT2D eigenvalue weighted by Crippen LogP contribution is 2.31. The van der Waals surface area contributed by atoms with Crippen LogP contribution >= 0.6 is 0 Å². The lowest BCUT2D eigenvalue weighted by atomic mass is 9.90. The van der Waals surface area contributed by atoms with Crippen molar-refractivity contribution in [2.75, 3.05) is 13.1 Å². The first-order valence-electron chi connectivity index (χ1n) is 10.2. The zero-order chi connectivity index (χ0) is 19.8. The molecule has 1 aromatic carbocycles. The number of hydrogen-bond acceptors (Lipinski definition) is 5. The minimum atomic E-state index is -0.563. The molecule has 0 bridgehead atoms. The van der Waals surface area contributed by atoms with Crippen molar-refractivity contribution in [3.05, 3.63) is 34.9 Å². The van der Waals surface area contributed by atoms with Crippen molar-refractivity contribution >= 4 is 17.7 Å². The average Bonchev–Trinajstić information content (AvgIpc) is 3.00. The third kappa shape index (κ3) is 3.56. The molecule has 4 rings (SSSR count). The van der Waals surface area contributed by atoms with Gasteiger partial charge >= 0.3 is 0 Å². The van der Waals surface area contributed by atoms with Gasteiger partial charge < -0.3 is 10.6 Å². The van der Waals surface area contributed by atoms with Crippen LogP contribution in [0, 0.1) is 5.92 Å². The Balaban J connectivity index is 1.48. The first-order valence-corrected chi connectivity index (χ1v) is 10.2. The van der Waals surface area contributed by atoms with Gasteiger partial charge in [0.15, 0.2) is 0 Å². The molecular weight excluding hydrogens is 356 g/mol. The molecule has 0 aliphatic carbocycles. The van der Waals surface area contributed by atoms with E-state index in [4.69, 9.17) is 5.73 Å². The molecule has 2 fully saturated rings.